The van der Waals surface area contributed by atoms with Gasteiger partial charge in [-0.05, 0) is 24.6 Å². The summed E-state index contributed by atoms with van der Waals surface area (Å²) in [5, 5.41) is 13.7. The maximum absolute atomic E-state index is 14.2. The molecule has 2 aromatic carbocycles. The van der Waals surface area contributed by atoms with Crippen LogP contribution in [0.25, 0.3) is 0 Å². The number of nitro groups is 1. The second kappa shape index (κ2) is 9.86. The quantitative estimate of drug-likeness (QED) is 0.309. The molecule has 4 rings (SSSR count). The molecule has 1 amide bonds. The summed E-state index contributed by atoms with van der Waals surface area (Å²) in [4.78, 5) is 44.5. The van der Waals surface area contributed by atoms with Gasteiger partial charge in [0.1, 0.15) is 11.9 Å². The lowest BCUT2D eigenvalue weighted by Crippen LogP contribution is -2.57. The van der Waals surface area contributed by atoms with Crippen molar-refractivity contribution in [3.05, 3.63) is 70.0 Å². The van der Waals surface area contributed by atoms with E-state index in [1.54, 1.807) is 25.1 Å². The number of aliphatic imine (C=N–C) groups is 1. The zero-order valence-electron chi connectivity index (χ0n) is 18.5. The number of carbonyl (C=O) groups excluding carboxylic acids is 2. The monoisotopic (exact) mass is 469 g/mol. The van der Waals surface area contributed by atoms with Gasteiger partial charge in [-0.15, -0.1) is 0 Å². The number of hydrogen-bond donors (Lipinski definition) is 1. The molecular formula is C23H24FN5O5. The number of amides is 1. The summed E-state index contributed by atoms with van der Waals surface area (Å²) in [6, 6.07) is 11.3. The van der Waals surface area contributed by atoms with Crippen LogP contribution in [-0.4, -0.2) is 60.4 Å². The highest BCUT2D eigenvalue weighted by atomic mass is 19.1. The zero-order chi connectivity index (χ0) is 24.2. The van der Waals surface area contributed by atoms with Gasteiger partial charge in [0.05, 0.1) is 17.2 Å². The van der Waals surface area contributed by atoms with Crippen LogP contribution < -0.4 is 10.2 Å². The molecule has 1 fully saturated rings. The number of piperazine rings is 1. The average molecular weight is 469 g/mol. The van der Waals surface area contributed by atoms with Crippen molar-refractivity contribution < 1.29 is 23.6 Å². The molecule has 0 saturated carbocycles. The first kappa shape index (κ1) is 23.1. The van der Waals surface area contributed by atoms with Crippen LogP contribution in [0.15, 0.2) is 53.5 Å². The largest absolute Gasteiger partial charge is 0.465 e. The molecular weight excluding hydrogens is 445 g/mol. The molecule has 178 valence electrons. The van der Waals surface area contributed by atoms with Gasteiger partial charge in [-0.2, -0.15) is 0 Å². The number of guanidine groups is 1. The minimum absolute atomic E-state index is 0.101. The van der Waals surface area contributed by atoms with E-state index in [0.29, 0.717) is 43.4 Å². The molecule has 2 aromatic rings. The third kappa shape index (κ3) is 4.68. The SMILES string of the molecule is CCOC(=O)[C@H]1C(=O)NC(N2CCN(c3ccccc3F)CC2)=N[C@@H]1c1ccc([N+](=O)[O-])cc1. The molecule has 1 saturated heterocycles. The smallest absolute Gasteiger partial charge is 0.321 e. The van der Waals surface area contributed by atoms with Gasteiger partial charge in [-0.1, -0.05) is 24.3 Å². The molecule has 1 N–H and O–H groups in total. The highest BCUT2D eigenvalue weighted by Gasteiger charge is 2.42. The Hall–Kier alpha value is -4.02. The van der Waals surface area contributed by atoms with Gasteiger partial charge in [-0.25, -0.2) is 9.38 Å². The summed E-state index contributed by atoms with van der Waals surface area (Å²) in [5.41, 5.74) is 0.897. The van der Waals surface area contributed by atoms with E-state index in [0.717, 1.165) is 0 Å². The first-order valence-electron chi connectivity index (χ1n) is 10.9. The van der Waals surface area contributed by atoms with Crippen molar-refractivity contribution in [3.8, 4) is 0 Å². The Morgan fingerprint density at radius 2 is 1.79 bits per heavy atom. The molecule has 0 unspecified atom stereocenters. The van der Waals surface area contributed by atoms with Crippen LogP contribution in [0, 0.1) is 21.8 Å². The van der Waals surface area contributed by atoms with E-state index in [4.69, 9.17) is 4.74 Å². The maximum atomic E-state index is 14.2. The van der Waals surface area contributed by atoms with Crippen LogP contribution in [0.2, 0.25) is 0 Å². The van der Waals surface area contributed by atoms with Gasteiger partial charge in [0, 0.05) is 38.3 Å². The molecule has 0 aliphatic carbocycles. The zero-order valence-corrected chi connectivity index (χ0v) is 18.5. The van der Waals surface area contributed by atoms with Crippen molar-refractivity contribution in [3.63, 3.8) is 0 Å². The van der Waals surface area contributed by atoms with E-state index in [9.17, 15) is 24.1 Å². The number of carbonyl (C=O) groups is 2. The highest BCUT2D eigenvalue weighted by Crippen LogP contribution is 2.32. The van der Waals surface area contributed by atoms with E-state index in [-0.39, 0.29) is 18.1 Å². The Bertz CT molecular complexity index is 1110. The van der Waals surface area contributed by atoms with Crippen molar-refractivity contribution in [1.82, 2.24) is 10.2 Å². The summed E-state index contributed by atoms with van der Waals surface area (Å²) in [6.45, 7) is 3.72. The third-order valence-electron chi connectivity index (χ3n) is 5.85. The number of anilines is 1. The van der Waals surface area contributed by atoms with Gasteiger partial charge >= 0.3 is 5.97 Å². The Balaban J connectivity index is 1.58. The molecule has 34 heavy (non-hydrogen) atoms. The summed E-state index contributed by atoms with van der Waals surface area (Å²) in [7, 11) is 0. The fourth-order valence-corrected chi connectivity index (χ4v) is 4.13. The van der Waals surface area contributed by atoms with E-state index >= 15 is 0 Å². The Morgan fingerprint density at radius 1 is 1.15 bits per heavy atom. The number of hydrogen-bond acceptors (Lipinski definition) is 8. The number of rotatable bonds is 5. The molecule has 0 radical (unpaired) electrons. The Labute approximate surface area is 195 Å². The lowest BCUT2D eigenvalue weighted by Gasteiger charge is -2.39. The topological polar surface area (TPSA) is 117 Å². The van der Waals surface area contributed by atoms with Crippen LogP contribution in [0.1, 0.15) is 18.5 Å². The van der Waals surface area contributed by atoms with Crippen molar-refractivity contribution in [2.75, 3.05) is 37.7 Å². The molecule has 2 atom stereocenters. The van der Waals surface area contributed by atoms with Crippen molar-refractivity contribution in [2.45, 2.75) is 13.0 Å². The maximum Gasteiger partial charge on any atom is 0.321 e. The number of nitrogens with one attached hydrogen (secondary N) is 1. The number of benzene rings is 2. The van der Waals surface area contributed by atoms with Crippen molar-refractivity contribution in [1.29, 1.82) is 0 Å². The summed E-state index contributed by atoms with van der Waals surface area (Å²) in [6.07, 6.45) is 0. The first-order valence-corrected chi connectivity index (χ1v) is 10.9. The predicted molar refractivity (Wildman–Crippen MR) is 122 cm³/mol. The van der Waals surface area contributed by atoms with Gasteiger partial charge in [0.25, 0.3) is 5.69 Å². The van der Waals surface area contributed by atoms with Gasteiger partial charge in [0.15, 0.2) is 5.92 Å². The summed E-state index contributed by atoms with van der Waals surface area (Å²) < 4.78 is 19.2. The second-order valence-electron chi connectivity index (χ2n) is 7.89. The minimum atomic E-state index is -1.22. The van der Waals surface area contributed by atoms with E-state index in [1.165, 1.54) is 30.3 Å². The van der Waals surface area contributed by atoms with Gasteiger partial charge < -0.3 is 14.5 Å². The third-order valence-corrected chi connectivity index (χ3v) is 5.85. The lowest BCUT2D eigenvalue weighted by molar-refractivity contribution is -0.384. The van der Waals surface area contributed by atoms with Crippen molar-refractivity contribution >= 4 is 29.2 Å². The minimum Gasteiger partial charge on any atom is -0.465 e. The Morgan fingerprint density at radius 3 is 2.41 bits per heavy atom. The number of non-ortho nitro benzene ring substituents is 1. The standard InChI is InChI=1S/C23H24FN5O5/c1-2-34-22(31)19-20(15-7-9-16(10-8-15)29(32)33)25-23(26-21(19)30)28-13-11-27(12-14-28)18-6-4-3-5-17(18)24/h3-10,19-20H,2,11-14H2,1H3,(H,25,26,30)/t19-,20-/m1/s1. The summed E-state index contributed by atoms with van der Waals surface area (Å²) >= 11 is 0. The number of para-hydroxylation sites is 1. The van der Waals surface area contributed by atoms with Crippen LogP contribution in [-0.2, 0) is 14.3 Å². The number of esters is 1. The molecule has 2 heterocycles. The number of halogens is 1. The van der Waals surface area contributed by atoms with E-state index in [1.807, 2.05) is 9.80 Å². The highest BCUT2D eigenvalue weighted by molar-refractivity contribution is 6.08. The number of nitro benzene ring substituents is 1. The molecule has 11 heteroatoms. The van der Waals surface area contributed by atoms with Crippen LogP contribution in [0.3, 0.4) is 0 Å². The molecule has 2 aliphatic rings. The van der Waals surface area contributed by atoms with E-state index in [2.05, 4.69) is 10.3 Å². The van der Waals surface area contributed by atoms with Crippen LogP contribution in [0.5, 0.6) is 0 Å². The number of ether oxygens (including phenoxy) is 1. The molecule has 10 nitrogen and oxygen atoms in total. The average Bonchev–Trinajstić information content (AvgIpc) is 2.84. The fraction of sp³-hybridized carbons (Fsp3) is 0.348. The van der Waals surface area contributed by atoms with Gasteiger partial charge in [0.2, 0.25) is 11.9 Å². The first-order chi connectivity index (χ1) is 16.4. The normalized spacial score (nSPS) is 20.4. The molecule has 2 aliphatic heterocycles. The predicted octanol–water partition coefficient (Wildman–Crippen LogP) is 2.26. The summed E-state index contributed by atoms with van der Waals surface area (Å²) in [5.74, 6) is -2.47. The van der Waals surface area contributed by atoms with Crippen LogP contribution >= 0.6 is 0 Å². The molecule has 0 spiro atoms. The van der Waals surface area contributed by atoms with E-state index < -0.39 is 28.8 Å². The second-order valence-corrected chi connectivity index (χ2v) is 7.89. The fourth-order valence-electron chi connectivity index (χ4n) is 4.13. The lowest BCUT2D eigenvalue weighted by atomic mass is 9.91. The van der Waals surface area contributed by atoms with Crippen LogP contribution in [0.4, 0.5) is 15.8 Å². The molecule has 0 bridgehead atoms. The van der Waals surface area contributed by atoms with Crippen molar-refractivity contribution in [2.24, 2.45) is 10.9 Å². The van der Waals surface area contributed by atoms with Gasteiger partial charge in [-0.3, -0.25) is 25.0 Å². The number of nitrogens with zero attached hydrogens (tertiary/aromatic N) is 4. The molecule has 0 aromatic heterocycles. The Kier molecular flexibility index (Phi) is 6.71.